The minimum atomic E-state index is -1.01. The first kappa shape index (κ1) is 17.9. The van der Waals surface area contributed by atoms with Gasteiger partial charge in [-0.1, -0.05) is 23.2 Å². The van der Waals surface area contributed by atoms with Gasteiger partial charge in [0, 0.05) is 12.4 Å². The molecule has 5 nitrogen and oxygen atoms in total. The van der Waals surface area contributed by atoms with Crippen molar-refractivity contribution in [2.45, 2.75) is 11.4 Å². The van der Waals surface area contributed by atoms with Gasteiger partial charge in [-0.3, -0.25) is 14.6 Å². The zero-order chi connectivity index (χ0) is 15.6. The van der Waals surface area contributed by atoms with Gasteiger partial charge in [0.25, 0.3) is 0 Å². The lowest BCUT2D eigenvalue weighted by atomic mass is 9.98. The van der Waals surface area contributed by atoms with E-state index in [2.05, 4.69) is 20.1 Å². The van der Waals surface area contributed by atoms with Crippen LogP contribution in [0.15, 0.2) is 49.3 Å². The highest BCUT2D eigenvalue weighted by atomic mass is 35.5. The lowest BCUT2D eigenvalue weighted by Crippen LogP contribution is -2.29. The number of nitrogens with zero attached hydrogens (tertiary/aromatic N) is 5. The summed E-state index contributed by atoms with van der Waals surface area (Å²) < 4.78 is 1.62. The summed E-state index contributed by atoms with van der Waals surface area (Å²) in [7, 11) is 0. The fourth-order valence-electron chi connectivity index (χ4n) is 2.05. The average Bonchev–Trinajstić information content (AvgIpc) is 3.01. The molecule has 9 heteroatoms. The first-order valence-electron chi connectivity index (χ1n) is 6.33. The van der Waals surface area contributed by atoms with E-state index in [9.17, 15) is 0 Å². The third-order valence-corrected chi connectivity index (χ3v) is 4.07. The molecule has 0 bridgehead atoms. The topological polar surface area (TPSA) is 56.5 Å². The van der Waals surface area contributed by atoms with Gasteiger partial charge < -0.3 is 0 Å². The van der Waals surface area contributed by atoms with Crippen LogP contribution in [0.1, 0.15) is 11.4 Å². The highest BCUT2D eigenvalue weighted by Crippen LogP contribution is 2.36. The first-order chi connectivity index (χ1) is 10.6. The van der Waals surface area contributed by atoms with Crippen LogP contribution in [0, 0.1) is 0 Å². The van der Waals surface area contributed by atoms with E-state index < -0.39 is 4.87 Å². The standard InChI is InChI=1S/C14H10Cl3N5.ClH/c15-10-1-3-12(19-5-10)14(17,7-22-9-18-8-21-22)13-4-2-11(16)6-20-13;/h1-6,8-9H,7H2;1H. The second-order valence-electron chi connectivity index (χ2n) is 4.62. The number of pyridine rings is 2. The van der Waals surface area contributed by atoms with Crippen LogP contribution in [-0.2, 0) is 11.4 Å². The van der Waals surface area contributed by atoms with Crippen molar-refractivity contribution in [3.05, 3.63) is 70.7 Å². The molecule has 0 amide bonds. The Morgan fingerprint density at radius 3 is 1.91 bits per heavy atom. The molecule has 0 saturated carbocycles. The number of aromatic nitrogens is 5. The second-order valence-corrected chi connectivity index (χ2v) is 6.14. The Hall–Kier alpha value is -1.40. The average molecular weight is 391 g/mol. The summed E-state index contributed by atoms with van der Waals surface area (Å²) in [5.41, 5.74) is 1.23. The number of hydrogen-bond donors (Lipinski definition) is 0. The summed E-state index contributed by atoms with van der Waals surface area (Å²) in [4.78, 5) is 11.6. The predicted molar refractivity (Wildman–Crippen MR) is 92.4 cm³/mol. The van der Waals surface area contributed by atoms with E-state index in [1.165, 1.54) is 6.33 Å². The number of alkyl halides is 1. The lowest BCUT2D eigenvalue weighted by Gasteiger charge is -2.26. The van der Waals surface area contributed by atoms with Crippen molar-refractivity contribution >= 4 is 47.2 Å². The Morgan fingerprint density at radius 1 is 0.957 bits per heavy atom. The Bertz CT molecular complexity index is 698. The Labute approximate surface area is 154 Å². The normalized spacial score (nSPS) is 11.1. The SMILES string of the molecule is Cl.Clc1ccc(C(Cl)(Cn2cncn2)c2ccc(Cl)cn2)nc1. The molecule has 0 aromatic carbocycles. The van der Waals surface area contributed by atoms with Gasteiger partial charge in [0.05, 0.1) is 28.0 Å². The van der Waals surface area contributed by atoms with Crippen LogP contribution in [0.2, 0.25) is 10.0 Å². The summed E-state index contributed by atoms with van der Waals surface area (Å²) >= 11 is 18.7. The van der Waals surface area contributed by atoms with Gasteiger partial charge in [0.1, 0.15) is 17.5 Å². The highest BCUT2D eigenvalue weighted by molar-refractivity contribution is 6.31. The maximum Gasteiger partial charge on any atom is 0.148 e. The minimum absolute atomic E-state index is 0. The molecule has 0 fully saturated rings. The monoisotopic (exact) mass is 389 g/mol. The van der Waals surface area contributed by atoms with Crippen molar-refractivity contribution in [2.24, 2.45) is 0 Å². The Kier molecular flexibility index (Phi) is 5.81. The van der Waals surface area contributed by atoms with Gasteiger partial charge in [-0.15, -0.1) is 24.0 Å². The van der Waals surface area contributed by atoms with Gasteiger partial charge >= 0.3 is 0 Å². The van der Waals surface area contributed by atoms with Crippen LogP contribution in [0.4, 0.5) is 0 Å². The van der Waals surface area contributed by atoms with E-state index in [-0.39, 0.29) is 12.4 Å². The summed E-state index contributed by atoms with van der Waals surface area (Å²) in [6, 6.07) is 7.00. The van der Waals surface area contributed by atoms with Crippen molar-refractivity contribution in [1.82, 2.24) is 24.7 Å². The van der Waals surface area contributed by atoms with Gasteiger partial charge in [0.2, 0.25) is 0 Å². The number of rotatable bonds is 4. The molecule has 0 N–H and O–H groups in total. The lowest BCUT2D eigenvalue weighted by molar-refractivity contribution is 0.503. The minimum Gasteiger partial charge on any atom is -0.257 e. The Morgan fingerprint density at radius 2 is 1.52 bits per heavy atom. The molecule has 3 rings (SSSR count). The summed E-state index contributed by atoms with van der Waals surface area (Å²) in [5.74, 6) is 0. The van der Waals surface area contributed by atoms with Crippen LogP contribution in [0.3, 0.4) is 0 Å². The summed E-state index contributed by atoms with van der Waals surface area (Å²) in [6.07, 6.45) is 6.13. The number of hydrogen-bond acceptors (Lipinski definition) is 4. The fourth-order valence-corrected chi connectivity index (χ4v) is 2.62. The molecule has 0 aliphatic carbocycles. The van der Waals surface area contributed by atoms with Crippen molar-refractivity contribution < 1.29 is 0 Å². The van der Waals surface area contributed by atoms with Crippen molar-refractivity contribution in [2.75, 3.05) is 0 Å². The van der Waals surface area contributed by atoms with Crippen LogP contribution in [0.5, 0.6) is 0 Å². The maximum atomic E-state index is 6.89. The molecular weight excluding hydrogens is 380 g/mol. The smallest absolute Gasteiger partial charge is 0.148 e. The highest BCUT2D eigenvalue weighted by Gasteiger charge is 2.36. The van der Waals surface area contributed by atoms with Crippen LogP contribution in [0.25, 0.3) is 0 Å². The van der Waals surface area contributed by atoms with E-state index in [4.69, 9.17) is 34.8 Å². The molecule has 23 heavy (non-hydrogen) atoms. The Balaban J connectivity index is 0.00000192. The zero-order valence-electron chi connectivity index (χ0n) is 11.6. The summed E-state index contributed by atoms with van der Waals surface area (Å²) in [5, 5.41) is 5.17. The molecule has 120 valence electrons. The summed E-state index contributed by atoms with van der Waals surface area (Å²) in [6.45, 7) is 0.317. The molecular formula is C14H11Cl4N5. The molecule has 0 aliphatic rings. The predicted octanol–water partition coefficient (Wildman–Crippen LogP) is 3.98. The molecule has 3 heterocycles. The van der Waals surface area contributed by atoms with E-state index in [0.29, 0.717) is 28.0 Å². The van der Waals surface area contributed by atoms with Gasteiger partial charge in [-0.2, -0.15) is 5.10 Å². The largest absolute Gasteiger partial charge is 0.257 e. The van der Waals surface area contributed by atoms with E-state index >= 15 is 0 Å². The van der Waals surface area contributed by atoms with Gasteiger partial charge in [-0.05, 0) is 24.3 Å². The van der Waals surface area contributed by atoms with E-state index in [1.807, 2.05) is 0 Å². The van der Waals surface area contributed by atoms with Crippen molar-refractivity contribution in [1.29, 1.82) is 0 Å². The quantitative estimate of drug-likeness (QED) is 0.632. The van der Waals surface area contributed by atoms with Crippen molar-refractivity contribution in [3.8, 4) is 0 Å². The second kappa shape index (κ2) is 7.45. The third kappa shape index (κ3) is 3.93. The maximum absolute atomic E-state index is 6.89. The molecule has 0 spiro atoms. The fraction of sp³-hybridized carbons (Fsp3) is 0.143. The van der Waals surface area contributed by atoms with Crippen molar-refractivity contribution in [3.63, 3.8) is 0 Å². The first-order valence-corrected chi connectivity index (χ1v) is 7.47. The van der Waals surface area contributed by atoms with E-state index in [1.54, 1.807) is 47.7 Å². The molecule has 3 aromatic rings. The molecule has 0 saturated heterocycles. The van der Waals surface area contributed by atoms with E-state index in [0.717, 1.165) is 0 Å². The van der Waals surface area contributed by atoms with Gasteiger partial charge in [-0.25, -0.2) is 4.98 Å². The molecule has 0 radical (unpaired) electrons. The molecule has 3 aromatic heterocycles. The molecule has 0 aliphatic heterocycles. The third-order valence-electron chi connectivity index (χ3n) is 3.11. The molecule has 0 atom stereocenters. The van der Waals surface area contributed by atoms with Crippen LogP contribution < -0.4 is 0 Å². The molecule has 0 unspecified atom stereocenters. The zero-order valence-corrected chi connectivity index (χ0v) is 14.7. The van der Waals surface area contributed by atoms with Gasteiger partial charge in [0.15, 0.2) is 0 Å². The number of halogens is 4. The van der Waals surface area contributed by atoms with Crippen LogP contribution in [-0.4, -0.2) is 24.7 Å². The van der Waals surface area contributed by atoms with Crippen LogP contribution >= 0.6 is 47.2 Å².